The van der Waals surface area contributed by atoms with Crippen molar-refractivity contribution < 1.29 is 19.4 Å². The number of thioether (sulfide) groups is 1. The van der Waals surface area contributed by atoms with Crippen LogP contribution >= 0.6 is 11.8 Å². The monoisotopic (exact) mass is 467 g/mol. The third-order valence-electron chi connectivity index (χ3n) is 6.52. The zero-order valence-electron chi connectivity index (χ0n) is 18.8. The number of dihydropyridines is 1. The van der Waals surface area contributed by atoms with Crippen LogP contribution in [0.1, 0.15) is 62.8 Å². The summed E-state index contributed by atoms with van der Waals surface area (Å²) in [5, 5.41) is 27.2. The summed E-state index contributed by atoms with van der Waals surface area (Å²) in [7, 11) is 1.46. The van der Waals surface area contributed by atoms with Gasteiger partial charge in [-0.3, -0.25) is 9.59 Å². The highest BCUT2D eigenvalue weighted by atomic mass is 32.2. The van der Waals surface area contributed by atoms with E-state index in [9.17, 15) is 20.0 Å². The van der Waals surface area contributed by atoms with Crippen LogP contribution in [0.4, 0.5) is 0 Å². The summed E-state index contributed by atoms with van der Waals surface area (Å²) in [6, 6.07) is 7.43. The molecule has 1 saturated carbocycles. The van der Waals surface area contributed by atoms with Gasteiger partial charge in [0.2, 0.25) is 5.91 Å². The Balaban J connectivity index is 1.62. The molecular weight excluding hydrogens is 438 g/mol. The number of methoxy groups -OCH3 is 1. The molecule has 0 radical (unpaired) electrons. The lowest BCUT2D eigenvalue weighted by Gasteiger charge is -2.33. The van der Waals surface area contributed by atoms with Crippen molar-refractivity contribution in [3.05, 3.63) is 45.6 Å². The first-order valence-corrected chi connectivity index (χ1v) is 12.5. The van der Waals surface area contributed by atoms with E-state index >= 15 is 0 Å². The van der Waals surface area contributed by atoms with Gasteiger partial charge in [-0.05, 0) is 43.4 Å². The van der Waals surface area contributed by atoms with Gasteiger partial charge in [0.05, 0.1) is 35.5 Å². The van der Waals surface area contributed by atoms with E-state index in [4.69, 9.17) is 4.74 Å². The van der Waals surface area contributed by atoms with Crippen LogP contribution in [0.25, 0.3) is 0 Å². The quantitative estimate of drug-likeness (QED) is 0.579. The molecule has 1 aliphatic heterocycles. The molecule has 0 spiro atoms. The predicted molar refractivity (Wildman–Crippen MR) is 127 cm³/mol. The number of ketones is 1. The molecule has 1 heterocycles. The number of allylic oxidation sites excluding steroid dienone is 3. The maximum Gasteiger partial charge on any atom is 0.230 e. The van der Waals surface area contributed by atoms with Crippen molar-refractivity contribution in [2.24, 2.45) is 0 Å². The highest BCUT2D eigenvalue weighted by Crippen LogP contribution is 2.45. The van der Waals surface area contributed by atoms with Crippen molar-refractivity contribution in [3.8, 4) is 17.6 Å². The molecule has 0 saturated heterocycles. The molecule has 3 N–H and O–H groups in total. The molecule has 1 atom stereocenters. The van der Waals surface area contributed by atoms with E-state index in [1.54, 1.807) is 12.1 Å². The highest BCUT2D eigenvalue weighted by molar-refractivity contribution is 8.03. The number of Topliss-reactive ketones (excluding diaryl/α,β-unsaturated/α-hetero) is 1. The Bertz CT molecular complexity index is 1050. The van der Waals surface area contributed by atoms with Crippen molar-refractivity contribution in [1.29, 1.82) is 5.26 Å². The van der Waals surface area contributed by atoms with Crippen LogP contribution in [0.2, 0.25) is 0 Å². The van der Waals surface area contributed by atoms with Crippen LogP contribution < -0.4 is 15.4 Å². The van der Waals surface area contributed by atoms with Crippen LogP contribution in [0.3, 0.4) is 0 Å². The van der Waals surface area contributed by atoms with E-state index in [1.165, 1.54) is 31.4 Å². The molecule has 8 heteroatoms. The Hall–Kier alpha value is -2.92. The number of rotatable bonds is 6. The Morgan fingerprint density at radius 3 is 2.79 bits per heavy atom. The molecule has 3 aliphatic rings. The lowest BCUT2D eigenvalue weighted by molar-refractivity contribution is -0.119. The lowest BCUT2D eigenvalue weighted by Crippen LogP contribution is -2.37. The molecule has 2 aliphatic carbocycles. The number of phenols is 1. The second kappa shape index (κ2) is 10.3. The number of aromatic hydroxyl groups is 1. The van der Waals surface area contributed by atoms with Gasteiger partial charge in [-0.15, -0.1) is 0 Å². The molecule has 174 valence electrons. The second-order valence-corrected chi connectivity index (χ2v) is 9.69. The number of ether oxygens (including phenoxy) is 1. The molecular formula is C25H29N3O4S. The molecule has 1 fully saturated rings. The predicted octanol–water partition coefficient (Wildman–Crippen LogP) is 4.01. The van der Waals surface area contributed by atoms with Gasteiger partial charge in [-0.25, -0.2) is 0 Å². The summed E-state index contributed by atoms with van der Waals surface area (Å²) in [4.78, 5) is 25.5. The topological polar surface area (TPSA) is 111 Å². The summed E-state index contributed by atoms with van der Waals surface area (Å²) in [6.07, 6.45) is 7.45. The SMILES string of the molecule is COc1cc(C2C(C#N)=C(SCC(=O)NC3CCCCC3)NC3=C2C(=O)CCC3)ccc1O. The van der Waals surface area contributed by atoms with E-state index in [-0.39, 0.29) is 35.0 Å². The second-order valence-electron chi connectivity index (χ2n) is 8.70. The number of amides is 1. The number of hydrogen-bond donors (Lipinski definition) is 3. The standard InChI is InChI=1S/C25H29N3O4S/c1-32-21-12-15(10-11-19(21)29)23-17(13-26)25(28-18-8-5-9-20(30)24(18)23)33-14-22(31)27-16-6-3-2-4-7-16/h10-12,16,23,28-29H,2-9,14H2,1H3,(H,27,31). The average Bonchev–Trinajstić information content (AvgIpc) is 2.83. The summed E-state index contributed by atoms with van der Waals surface area (Å²) in [5.41, 5.74) is 2.53. The van der Waals surface area contributed by atoms with E-state index in [0.29, 0.717) is 34.6 Å². The number of nitrogens with one attached hydrogen (secondary N) is 2. The van der Waals surface area contributed by atoms with Crippen LogP contribution in [-0.4, -0.2) is 35.7 Å². The zero-order chi connectivity index (χ0) is 23.4. The maximum absolute atomic E-state index is 12.9. The zero-order valence-corrected chi connectivity index (χ0v) is 19.6. The van der Waals surface area contributed by atoms with Crippen molar-refractivity contribution in [2.75, 3.05) is 12.9 Å². The Morgan fingerprint density at radius 1 is 1.27 bits per heavy atom. The van der Waals surface area contributed by atoms with Crippen molar-refractivity contribution in [3.63, 3.8) is 0 Å². The number of nitrogens with zero attached hydrogens (tertiary/aromatic N) is 1. The van der Waals surface area contributed by atoms with E-state index in [0.717, 1.165) is 37.8 Å². The van der Waals surface area contributed by atoms with Crippen LogP contribution in [-0.2, 0) is 9.59 Å². The summed E-state index contributed by atoms with van der Waals surface area (Å²) >= 11 is 1.30. The molecule has 1 aromatic carbocycles. The number of carbonyl (C=O) groups excluding carboxylic acids is 2. The van der Waals surface area contributed by atoms with E-state index in [1.807, 2.05) is 0 Å². The first-order chi connectivity index (χ1) is 16.0. The smallest absolute Gasteiger partial charge is 0.230 e. The summed E-state index contributed by atoms with van der Waals surface area (Å²) < 4.78 is 5.26. The first kappa shape index (κ1) is 23.2. The first-order valence-electron chi connectivity index (χ1n) is 11.5. The summed E-state index contributed by atoms with van der Waals surface area (Å²) in [5.74, 6) is -0.0943. The normalized spacial score (nSPS) is 21.2. The van der Waals surface area contributed by atoms with Gasteiger partial charge in [0, 0.05) is 23.7 Å². The Labute approximate surface area is 198 Å². The van der Waals surface area contributed by atoms with Crippen LogP contribution in [0.5, 0.6) is 11.5 Å². The van der Waals surface area contributed by atoms with Crippen molar-refractivity contribution in [2.45, 2.75) is 63.3 Å². The number of hydrogen-bond acceptors (Lipinski definition) is 7. The minimum atomic E-state index is -0.558. The molecule has 1 unspecified atom stereocenters. The maximum atomic E-state index is 12.9. The van der Waals surface area contributed by atoms with E-state index in [2.05, 4.69) is 16.7 Å². The molecule has 1 aromatic rings. The molecule has 0 aromatic heterocycles. The van der Waals surface area contributed by atoms with Gasteiger partial charge in [-0.1, -0.05) is 37.1 Å². The van der Waals surface area contributed by atoms with Gasteiger partial charge >= 0.3 is 0 Å². The van der Waals surface area contributed by atoms with Gasteiger partial charge in [0.1, 0.15) is 0 Å². The van der Waals surface area contributed by atoms with Crippen molar-refractivity contribution >= 4 is 23.5 Å². The lowest BCUT2D eigenvalue weighted by atomic mass is 9.77. The average molecular weight is 468 g/mol. The van der Waals surface area contributed by atoms with Crippen LogP contribution in [0.15, 0.2) is 40.1 Å². The molecule has 4 rings (SSSR count). The summed E-state index contributed by atoms with van der Waals surface area (Å²) in [6.45, 7) is 0. The molecule has 1 amide bonds. The fourth-order valence-corrected chi connectivity index (χ4v) is 5.77. The highest BCUT2D eigenvalue weighted by Gasteiger charge is 2.37. The third kappa shape index (κ3) is 5.03. The molecule has 0 bridgehead atoms. The minimum absolute atomic E-state index is 0.00386. The van der Waals surface area contributed by atoms with Gasteiger partial charge in [0.25, 0.3) is 0 Å². The largest absolute Gasteiger partial charge is 0.504 e. The van der Waals surface area contributed by atoms with E-state index < -0.39 is 5.92 Å². The number of phenolic OH excluding ortho intramolecular Hbond substituents is 1. The number of nitriles is 1. The number of benzene rings is 1. The molecule has 7 nitrogen and oxygen atoms in total. The fraction of sp³-hybridized carbons (Fsp3) is 0.480. The number of carbonyl (C=O) groups is 2. The van der Waals surface area contributed by atoms with Gasteiger partial charge in [0.15, 0.2) is 17.3 Å². The van der Waals surface area contributed by atoms with Gasteiger partial charge < -0.3 is 20.5 Å². The fourth-order valence-electron chi connectivity index (χ4n) is 4.90. The molecule has 33 heavy (non-hydrogen) atoms. The third-order valence-corrected chi connectivity index (χ3v) is 7.54. The Kier molecular flexibility index (Phi) is 7.29. The van der Waals surface area contributed by atoms with Crippen molar-refractivity contribution in [1.82, 2.24) is 10.6 Å². The Morgan fingerprint density at radius 2 is 2.06 bits per heavy atom. The minimum Gasteiger partial charge on any atom is -0.504 e. The van der Waals surface area contributed by atoms with Gasteiger partial charge in [-0.2, -0.15) is 5.26 Å². The van der Waals surface area contributed by atoms with Crippen LogP contribution in [0, 0.1) is 11.3 Å².